The third-order valence-corrected chi connectivity index (χ3v) is 2.37. The van der Waals surface area contributed by atoms with Gasteiger partial charge in [0.1, 0.15) is 0 Å². The Labute approximate surface area is 72.7 Å². The van der Waals surface area contributed by atoms with Crippen LogP contribution in [0.1, 0.15) is 32.6 Å². The Bertz CT molecular complexity index is 156. The summed E-state index contributed by atoms with van der Waals surface area (Å²) >= 11 is 0. The minimum Gasteiger partial charge on any atom is -0.465 e. The van der Waals surface area contributed by atoms with Gasteiger partial charge in [0.25, 0.3) is 0 Å². The van der Waals surface area contributed by atoms with Crippen molar-refractivity contribution in [3.63, 3.8) is 0 Å². The number of aliphatic hydroxyl groups excluding tert-OH is 1. The summed E-state index contributed by atoms with van der Waals surface area (Å²) in [6.45, 7) is 1.78. The highest BCUT2D eigenvalue weighted by molar-refractivity contribution is 5.65. The lowest BCUT2D eigenvalue weighted by molar-refractivity contribution is -0.144. The van der Waals surface area contributed by atoms with Crippen molar-refractivity contribution in [3.8, 4) is 0 Å². The summed E-state index contributed by atoms with van der Waals surface area (Å²) in [5.41, 5.74) is 0. The van der Waals surface area contributed by atoms with E-state index >= 15 is 0 Å². The minimum absolute atomic E-state index is 0.169. The number of esters is 1. The van der Waals surface area contributed by atoms with Crippen molar-refractivity contribution in [1.82, 2.24) is 0 Å². The standard InChI is InChI=1S/C9H16O3/c1-7(10)12-6-8-4-2-3-5-9(8)11/h8-9,11H,2-6H2,1H3. The van der Waals surface area contributed by atoms with Crippen LogP contribution in [0.15, 0.2) is 0 Å². The van der Waals surface area contributed by atoms with Gasteiger partial charge in [0.05, 0.1) is 12.7 Å². The van der Waals surface area contributed by atoms with E-state index in [1.165, 1.54) is 6.92 Å². The third-order valence-electron chi connectivity index (χ3n) is 2.37. The van der Waals surface area contributed by atoms with Crippen LogP contribution in [0.3, 0.4) is 0 Å². The normalized spacial score (nSPS) is 29.8. The number of hydrogen-bond acceptors (Lipinski definition) is 3. The molecule has 70 valence electrons. The smallest absolute Gasteiger partial charge is 0.302 e. The molecule has 2 unspecified atom stereocenters. The molecule has 1 aliphatic carbocycles. The quantitative estimate of drug-likeness (QED) is 0.634. The second-order valence-electron chi connectivity index (χ2n) is 3.41. The van der Waals surface area contributed by atoms with Gasteiger partial charge in [-0.15, -0.1) is 0 Å². The van der Waals surface area contributed by atoms with E-state index in [1.54, 1.807) is 0 Å². The summed E-state index contributed by atoms with van der Waals surface area (Å²) in [5, 5.41) is 9.49. The Morgan fingerprint density at radius 1 is 1.50 bits per heavy atom. The number of ether oxygens (including phenoxy) is 1. The van der Waals surface area contributed by atoms with Gasteiger partial charge in [-0.05, 0) is 12.8 Å². The molecular weight excluding hydrogens is 156 g/mol. The summed E-state index contributed by atoms with van der Waals surface area (Å²) in [7, 11) is 0. The number of carbonyl (C=O) groups is 1. The first kappa shape index (κ1) is 9.52. The first-order chi connectivity index (χ1) is 5.70. The molecule has 3 heteroatoms. The van der Waals surface area contributed by atoms with E-state index in [1.807, 2.05) is 0 Å². The van der Waals surface area contributed by atoms with Gasteiger partial charge >= 0.3 is 5.97 Å². The van der Waals surface area contributed by atoms with Gasteiger partial charge in [-0.3, -0.25) is 4.79 Å². The Balaban J connectivity index is 2.24. The number of hydrogen-bond donors (Lipinski definition) is 1. The van der Waals surface area contributed by atoms with Gasteiger partial charge in [0.15, 0.2) is 0 Å². The van der Waals surface area contributed by atoms with Crippen molar-refractivity contribution in [2.24, 2.45) is 5.92 Å². The van der Waals surface area contributed by atoms with E-state index in [0.29, 0.717) is 6.61 Å². The Hall–Kier alpha value is -0.570. The van der Waals surface area contributed by atoms with Crippen LogP contribution in [-0.4, -0.2) is 23.8 Å². The first-order valence-electron chi connectivity index (χ1n) is 4.51. The predicted molar refractivity (Wildman–Crippen MR) is 44.6 cm³/mol. The van der Waals surface area contributed by atoms with E-state index < -0.39 is 0 Å². The molecular formula is C9H16O3. The third kappa shape index (κ3) is 2.81. The van der Waals surface area contributed by atoms with Crippen molar-refractivity contribution >= 4 is 5.97 Å². The molecule has 0 aromatic carbocycles. The summed E-state index contributed by atoms with van der Waals surface area (Å²) in [4.78, 5) is 10.5. The van der Waals surface area contributed by atoms with Gasteiger partial charge < -0.3 is 9.84 Å². The Morgan fingerprint density at radius 2 is 2.17 bits per heavy atom. The van der Waals surface area contributed by atoms with E-state index in [9.17, 15) is 9.90 Å². The van der Waals surface area contributed by atoms with Gasteiger partial charge in [0, 0.05) is 12.8 Å². The molecule has 3 nitrogen and oxygen atoms in total. The fraction of sp³-hybridized carbons (Fsp3) is 0.889. The van der Waals surface area contributed by atoms with E-state index in [2.05, 4.69) is 0 Å². The maximum atomic E-state index is 10.5. The molecule has 1 saturated carbocycles. The average molecular weight is 172 g/mol. The first-order valence-corrected chi connectivity index (χ1v) is 4.51. The van der Waals surface area contributed by atoms with Crippen LogP contribution in [0.25, 0.3) is 0 Å². The zero-order chi connectivity index (χ0) is 8.97. The lowest BCUT2D eigenvalue weighted by Crippen LogP contribution is -2.28. The van der Waals surface area contributed by atoms with Crippen LogP contribution in [0.4, 0.5) is 0 Å². The molecule has 0 saturated heterocycles. The maximum Gasteiger partial charge on any atom is 0.302 e. The summed E-state index contributed by atoms with van der Waals surface area (Å²) < 4.78 is 4.85. The van der Waals surface area contributed by atoms with Crippen molar-refractivity contribution in [2.75, 3.05) is 6.61 Å². The van der Waals surface area contributed by atoms with Gasteiger partial charge in [-0.2, -0.15) is 0 Å². The van der Waals surface area contributed by atoms with Crippen molar-refractivity contribution < 1.29 is 14.6 Å². The second-order valence-corrected chi connectivity index (χ2v) is 3.41. The molecule has 2 atom stereocenters. The largest absolute Gasteiger partial charge is 0.465 e. The van der Waals surface area contributed by atoms with E-state index in [4.69, 9.17) is 4.74 Å². The molecule has 0 spiro atoms. The van der Waals surface area contributed by atoms with Gasteiger partial charge in [0.2, 0.25) is 0 Å². The summed E-state index contributed by atoms with van der Waals surface area (Å²) in [6.07, 6.45) is 3.80. The van der Waals surface area contributed by atoms with Crippen molar-refractivity contribution in [3.05, 3.63) is 0 Å². The van der Waals surface area contributed by atoms with Gasteiger partial charge in [-0.25, -0.2) is 0 Å². The van der Waals surface area contributed by atoms with Crippen LogP contribution in [-0.2, 0) is 9.53 Å². The van der Waals surface area contributed by atoms with E-state index in [0.717, 1.165) is 25.7 Å². The average Bonchev–Trinajstić information content (AvgIpc) is 2.03. The molecule has 0 heterocycles. The van der Waals surface area contributed by atoms with Crippen molar-refractivity contribution in [1.29, 1.82) is 0 Å². The highest BCUT2D eigenvalue weighted by Gasteiger charge is 2.23. The zero-order valence-electron chi connectivity index (χ0n) is 7.45. The molecule has 1 rings (SSSR count). The lowest BCUT2D eigenvalue weighted by Gasteiger charge is -2.26. The molecule has 0 aromatic heterocycles. The Kier molecular flexibility index (Phi) is 3.53. The highest BCUT2D eigenvalue weighted by atomic mass is 16.5. The topological polar surface area (TPSA) is 46.5 Å². The highest BCUT2D eigenvalue weighted by Crippen LogP contribution is 2.24. The molecule has 0 aliphatic heterocycles. The SMILES string of the molecule is CC(=O)OCC1CCCCC1O. The summed E-state index contributed by atoms with van der Waals surface area (Å²) in [6, 6.07) is 0. The number of aliphatic hydroxyl groups is 1. The molecule has 1 aliphatic rings. The number of rotatable bonds is 2. The Morgan fingerprint density at radius 3 is 2.75 bits per heavy atom. The van der Waals surface area contributed by atoms with Crippen molar-refractivity contribution in [2.45, 2.75) is 38.7 Å². The molecule has 0 bridgehead atoms. The van der Waals surface area contributed by atoms with Crippen LogP contribution in [0.5, 0.6) is 0 Å². The minimum atomic E-state index is -0.266. The van der Waals surface area contributed by atoms with Crippen LogP contribution < -0.4 is 0 Å². The van der Waals surface area contributed by atoms with Crippen LogP contribution >= 0.6 is 0 Å². The van der Waals surface area contributed by atoms with E-state index in [-0.39, 0.29) is 18.0 Å². The number of carbonyl (C=O) groups excluding carboxylic acids is 1. The molecule has 12 heavy (non-hydrogen) atoms. The molecule has 1 fully saturated rings. The molecule has 0 aromatic rings. The zero-order valence-corrected chi connectivity index (χ0v) is 7.45. The predicted octanol–water partition coefficient (Wildman–Crippen LogP) is 1.10. The van der Waals surface area contributed by atoms with Gasteiger partial charge in [-0.1, -0.05) is 12.8 Å². The lowest BCUT2D eigenvalue weighted by atomic mass is 9.87. The maximum absolute atomic E-state index is 10.5. The monoisotopic (exact) mass is 172 g/mol. The molecule has 1 N–H and O–H groups in total. The molecule has 0 amide bonds. The fourth-order valence-electron chi connectivity index (χ4n) is 1.61. The fourth-order valence-corrected chi connectivity index (χ4v) is 1.61. The summed E-state index contributed by atoms with van der Waals surface area (Å²) in [5.74, 6) is -0.0876. The second kappa shape index (κ2) is 4.45. The van der Waals surface area contributed by atoms with Crippen LogP contribution in [0, 0.1) is 5.92 Å². The van der Waals surface area contributed by atoms with Crippen LogP contribution in [0.2, 0.25) is 0 Å². The molecule has 0 radical (unpaired) electrons.